The van der Waals surface area contributed by atoms with Gasteiger partial charge in [0.15, 0.2) is 0 Å². The molecule has 0 aromatic carbocycles. The Morgan fingerprint density at radius 2 is 1.92 bits per heavy atom. The van der Waals surface area contributed by atoms with Gasteiger partial charge in [-0.1, -0.05) is 0 Å². The van der Waals surface area contributed by atoms with Crippen molar-refractivity contribution in [3.8, 4) is 0 Å². The monoisotopic (exact) mass is 174 g/mol. The van der Waals surface area contributed by atoms with Crippen LogP contribution in [0.3, 0.4) is 0 Å². The van der Waals surface area contributed by atoms with Crippen molar-refractivity contribution in [2.24, 2.45) is 0 Å². The van der Waals surface area contributed by atoms with Gasteiger partial charge in [-0.15, -0.1) is 0 Å². The third kappa shape index (κ3) is 2.71. The average Bonchev–Trinajstić information content (AvgIpc) is 2.35. The molecule has 0 unspecified atom stereocenters. The van der Waals surface area contributed by atoms with Crippen molar-refractivity contribution in [3.63, 3.8) is 0 Å². The number of nitrogens with zero attached hydrogens (tertiary/aromatic N) is 1. The van der Waals surface area contributed by atoms with Crippen molar-refractivity contribution in [1.29, 1.82) is 0 Å². The molecule has 0 aromatic rings. The molecule has 1 aliphatic rings. The van der Waals surface area contributed by atoms with Crippen LogP contribution in [-0.2, 0) is 0 Å². The van der Waals surface area contributed by atoms with Gasteiger partial charge in [-0.3, -0.25) is 4.90 Å². The highest BCUT2D eigenvalue weighted by Crippen LogP contribution is 2.01. The molecule has 1 fully saturated rings. The van der Waals surface area contributed by atoms with Crippen molar-refractivity contribution in [1.82, 2.24) is 10.2 Å². The van der Waals surface area contributed by atoms with Crippen molar-refractivity contribution in [2.75, 3.05) is 39.4 Å². The number of nitrogens with one attached hydrogen (secondary N) is 1. The van der Waals surface area contributed by atoms with Crippen LogP contribution < -0.4 is 5.32 Å². The molecule has 1 heterocycles. The first-order chi connectivity index (χ1) is 5.88. The smallest absolute Gasteiger partial charge is 0.0609 e. The summed E-state index contributed by atoms with van der Waals surface area (Å²) in [6.07, 6.45) is 1.09. The van der Waals surface area contributed by atoms with Crippen LogP contribution in [0.4, 0.5) is 0 Å². The lowest BCUT2D eigenvalue weighted by atomic mass is 10.2. The molecule has 4 heteroatoms. The SMILES string of the molecule is OCC(CO)N1CCCNCC1. The van der Waals surface area contributed by atoms with Crippen molar-refractivity contribution >= 4 is 0 Å². The summed E-state index contributed by atoms with van der Waals surface area (Å²) in [5.41, 5.74) is 0. The van der Waals surface area contributed by atoms with Gasteiger partial charge in [0, 0.05) is 13.1 Å². The summed E-state index contributed by atoms with van der Waals surface area (Å²) in [6, 6.07) is -0.0649. The summed E-state index contributed by atoms with van der Waals surface area (Å²) in [5, 5.41) is 21.2. The van der Waals surface area contributed by atoms with E-state index in [0.29, 0.717) is 0 Å². The molecule has 0 radical (unpaired) electrons. The Morgan fingerprint density at radius 3 is 2.58 bits per heavy atom. The maximum absolute atomic E-state index is 8.95. The van der Waals surface area contributed by atoms with E-state index in [4.69, 9.17) is 10.2 Å². The minimum atomic E-state index is -0.0649. The molecule has 0 atom stereocenters. The van der Waals surface area contributed by atoms with Crippen LogP contribution in [0.15, 0.2) is 0 Å². The molecule has 0 amide bonds. The molecule has 1 saturated heterocycles. The van der Waals surface area contributed by atoms with E-state index in [1.807, 2.05) is 0 Å². The maximum Gasteiger partial charge on any atom is 0.0609 e. The lowest BCUT2D eigenvalue weighted by Gasteiger charge is -2.26. The Hall–Kier alpha value is -0.160. The van der Waals surface area contributed by atoms with E-state index in [2.05, 4.69) is 10.2 Å². The van der Waals surface area contributed by atoms with E-state index in [1.165, 1.54) is 0 Å². The van der Waals surface area contributed by atoms with E-state index in [0.717, 1.165) is 32.6 Å². The highest BCUT2D eigenvalue weighted by molar-refractivity contribution is 4.73. The van der Waals surface area contributed by atoms with Crippen molar-refractivity contribution in [3.05, 3.63) is 0 Å². The van der Waals surface area contributed by atoms with Gasteiger partial charge in [-0.25, -0.2) is 0 Å². The maximum atomic E-state index is 8.95. The Labute approximate surface area is 73.2 Å². The van der Waals surface area contributed by atoms with Crippen LogP contribution in [-0.4, -0.2) is 60.5 Å². The minimum Gasteiger partial charge on any atom is -0.395 e. The fraction of sp³-hybridized carbons (Fsp3) is 1.00. The molecule has 0 bridgehead atoms. The summed E-state index contributed by atoms with van der Waals surface area (Å²) >= 11 is 0. The fourth-order valence-corrected chi connectivity index (χ4v) is 1.52. The van der Waals surface area contributed by atoms with Gasteiger partial charge in [-0.2, -0.15) is 0 Å². The normalized spacial score (nSPS) is 21.2. The molecule has 4 nitrogen and oxygen atoms in total. The molecule has 72 valence electrons. The summed E-state index contributed by atoms with van der Waals surface area (Å²) in [5.74, 6) is 0. The van der Waals surface area contributed by atoms with E-state index >= 15 is 0 Å². The number of hydrogen-bond donors (Lipinski definition) is 3. The summed E-state index contributed by atoms with van der Waals surface area (Å²) < 4.78 is 0. The third-order valence-electron chi connectivity index (χ3n) is 2.31. The largest absolute Gasteiger partial charge is 0.395 e. The summed E-state index contributed by atoms with van der Waals surface area (Å²) in [4.78, 5) is 2.14. The third-order valence-corrected chi connectivity index (χ3v) is 2.31. The van der Waals surface area contributed by atoms with E-state index in [1.54, 1.807) is 0 Å². The standard InChI is InChI=1S/C8H18N2O2/c11-6-8(7-12)10-4-1-2-9-3-5-10/h8-9,11-12H,1-7H2. The predicted octanol–water partition coefficient (Wildman–Crippen LogP) is -1.37. The quantitative estimate of drug-likeness (QED) is 0.494. The van der Waals surface area contributed by atoms with Crippen LogP contribution in [0.25, 0.3) is 0 Å². The van der Waals surface area contributed by atoms with Crippen LogP contribution in [0.1, 0.15) is 6.42 Å². The minimum absolute atomic E-state index is 0.0521. The van der Waals surface area contributed by atoms with E-state index < -0.39 is 0 Å². The van der Waals surface area contributed by atoms with E-state index in [-0.39, 0.29) is 19.3 Å². The zero-order valence-corrected chi connectivity index (χ0v) is 7.37. The number of aliphatic hydroxyl groups is 2. The molecule has 3 N–H and O–H groups in total. The predicted molar refractivity (Wildman–Crippen MR) is 47.0 cm³/mol. The summed E-state index contributed by atoms with van der Waals surface area (Å²) in [7, 11) is 0. The number of hydrogen-bond acceptors (Lipinski definition) is 4. The number of rotatable bonds is 3. The first-order valence-corrected chi connectivity index (χ1v) is 4.55. The summed E-state index contributed by atoms with van der Waals surface area (Å²) in [6.45, 7) is 3.99. The van der Waals surface area contributed by atoms with Gasteiger partial charge in [0.25, 0.3) is 0 Å². The van der Waals surface area contributed by atoms with Crippen LogP contribution in [0, 0.1) is 0 Å². The Balaban J connectivity index is 2.35. The van der Waals surface area contributed by atoms with Crippen molar-refractivity contribution < 1.29 is 10.2 Å². The molecule has 0 saturated carbocycles. The molecule has 12 heavy (non-hydrogen) atoms. The highest BCUT2D eigenvalue weighted by Gasteiger charge is 2.17. The molecular weight excluding hydrogens is 156 g/mol. The fourth-order valence-electron chi connectivity index (χ4n) is 1.52. The lowest BCUT2D eigenvalue weighted by molar-refractivity contribution is 0.0785. The van der Waals surface area contributed by atoms with Crippen molar-refractivity contribution in [2.45, 2.75) is 12.5 Å². The molecule has 0 aromatic heterocycles. The lowest BCUT2D eigenvalue weighted by Crippen LogP contribution is -2.42. The molecule has 0 aliphatic carbocycles. The molecule has 0 spiro atoms. The van der Waals surface area contributed by atoms with Gasteiger partial charge in [0.05, 0.1) is 19.3 Å². The molecule has 1 aliphatic heterocycles. The van der Waals surface area contributed by atoms with Gasteiger partial charge in [0.2, 0.25) is 0 Å². The topological polar surface area (TPSA) is 55.7 Å². The zero-order chi connectivity index (χ0) is 8.81. The highest BCUT2D eigenvalue weighted by atomic mass is 16.3. The zero-order valence-electron chi connectivity index (χ0n) is 7.37. The number of aliphatic hydroxyl groups excluding tert-OH is 2. The Kier molecular flexibility index (Phi) is 4.53. The van der Waals surface area contributed by atoms with Gasteiger partial charge >= 0.3 is 0 Å². The van der Waals surface area contributed by atoms with Crippen LogP contribution in [0.5, 0.6) is 0 Å². The first-order valence-electron chi connectivity index (χ1n) is 4.55. The van der Waals surface area contributed by atoms with Crippen LogP contribution >= 0.6 is 0 Å². The average molecular weight is 174 g/mol. The van der Waals surface area contributed by atoms with Gasteiger partial charge in [-0.05, 0) is 19.5 Å². The van der Waals surface area contributed by atoms with Gasteiger partial charge in [0.1, 0.15) is 0 Å². The van der Waals surface area contributed by atoms with Gasteiger partial charge < -0.3 is 15.5 Å². The first kappa shape index (κ1) is 9.92. The van der Waals surface area contributed by atoms with E-state index in [9.17, 15) is 0 Å². The molecule has 1 rings (SSSR count). The van der Waals surface area contributed by atoms with Crippen LogP contribution in [0.2, 0.25) is 0 Å². The Bertz CT molecular complexity index is 110. The second-order valence-corrected chi connectivity index (χ2v) is 3.16. The second kappa shape index (κ2) is 5.48. The Morgan fingerprint density at radius 1 is 1.17 bits per heavy atom. The second-order valence-electron chi connectivity index (χ2n) is 3.16. The molecular formula is C8H18N2O2.